The fraction of sp³-hybridized carbons (Fsp3) is 1.00. The molecule has 0 atom stereocenters. The first-order chi connectivity index (χ1) is 9.81. The van der Waals surface area contributed by atoms with E-state index in [0.29, 0.717) is 43.2 Å². The van der Waals surface area contributed by atoms with Crippen LogP contribution >= 0.6 is 0 Å². The van der Waals surface area contributed by atoms with Crippen molar-refractivity contribution < 1.29 is 26.3 Å². The molecular weight excluding hydrogens is 307 g/mol. The van der Waals surface area contributed by atoms with E-state index in [4.69, 9.17) is 4.74 Å². The van der Waals surface area contributed by atoms with Crippen LogP contribution in [0.15, 0.2) is 0 Å². The van der Waals surface area contributed by atoms with E-state index in [2.05, 4.69) is 0 Å². The number of halogens is 3. The summed E-state index contributed by atoms with van der Waals surface area (Å²) in [6.07, 6.45) is -0.387. The van der Waals surface area contributed by atoms with Crippen LogP contribution < -0.4 is 0 Å². The van der Waals surface area contributed by atoms with Crippen molar-refractivity contribution >= 4 is 10.0 Å². The van der Waals surface area contributed by atoms with Crippen LogP contribution in [-0.2, 0) is 14.8 Å². The van der Waals surface area contributed by atoms with E-state index < -0.39 is 34.0 Å². The molecule has 0 aromatic rings. The van der Waals surface area contributed by atoms with Gasteiger partial charge in [-0.25, -0.2) is 8.42 Å². The summed E-state index contributed by atoms with van der Waals surface area (Å²) in [6, 6.07) is -0.590. The Kier molecular flexibility index (Phi) is 5.54. The SMILES string of the molecule is O=S(=O)(C1CCCCC1)N(CC(F)(F)F)C1CCOCC1. The van der Waals surface area contributed by atoms with Gasteiger partial charge in [0, 0.05) is 19.3 Å². The zero-order chi connectivity index (χ0) is 15.5. The Balaban J connectivity index is 2.19. The van der Waals surface area contributed by atoms with Gasteiger partial charge in [0.25, 0.3) is 0 Å². The minimum atomic E-state index is -4.51. The molecule has 1 saturated carbocycles. The maximum absolute atomic E-state index is 12.8. The van der Waals surface area contributed by atoms with Crippen molar-refractivity contribution in [2.24, 2.45) is 0 Å². The average molecular weight is 329 g/mol. The van der Waals surface area contributed by atoms with Gasteiger partial charge in [-0.05, 0) is 25.7 Å². The molecule has 21 heavy (non-hydrogen) atoms. The lowest BCUT2D eigenvalue weighted by atomic mass is 10.0. The fourth-order valence-corrected chi connectivity index (χ4v) is 5.40. The van der Waals surface area contributed by atoms with Gasteiger partial charge in [0.1, 0.15) is 6.54 Å². The van der Waals surface area contributed by atoms with E-state index in [1.165, 1.54) is 0 Å². The fourth-order valence-electron chi connectivity index (χ4n) is 3.13. The number of ether oxygens (including phenoxy) is 1. The molecule has 1 heterocycles. The monoisotopic (exact) mass is 329 g/mol. The van der Waals surface area contributed by atoms with Crippen molar-refractivity contribution in [3.05, 3.63) is 0 Å². The summed E-state index contributed by atoms with van der Waals surface area (Å²) in [5.74, 6) is 0. The summed E-state index contributed by atoms with van der Waals surface area (Å²) in [5, 5.41) is -0.656. The molecule has 1 aliphatic heterocycles. The van der Waals surface area contributed by atoms with Crippen LogP contribution in [0.5, 0.6) is 0 Å². The predicted octanol–water partition coefficient (Wildman–Crippen LogP) is 2.69. The molecule has 4 nitrogen and oxygen atoms in total. The van der Waals surface area contributed by atoms with Gasteiger partial charge >= 0.3 is 6.18 Å². The summed E-state index contributed by atoms with van der Waals surface area (Å²) in [6.45, 7) is -0.741. The summed E-state index contributed by atoms with van der Waals surface area (Å²) in [4.78, 5) is 0. The summed E-state index contributed by atoms with van der Waals surface area (Å²) in [5.41, 5.74) is 0. The third-order valence-electron chi connectivity index (χ3n) is 4.23. The van der Waals surface area contributed by atoms with Crippen molar-refractivity contribution in [2.45, 2.75) is 62.4 Å². The Morgan fingerprint density at radius 2 is 1.57 bits per heavy atom. The summed E-state index contributed by atoms with van der Waals surface area (Å²) < 4.78 is 69.6. The first-order valence-electron chi connectivity index (χ1n) is 7.46. The number of nitrogens with zero attached hydrogens (tertiary/aromatic N) is 1. The lowest BCUT2D eigenvalue weighted by Gasteiger charge is -2.37. The standard InChI is InChI=1S/C13H22F3NO3S/c14-13(15,16)10-17(11-6-8-20-9-7-11)21(18,19)12-4-2-1-3-5-12/h11-12H,1-10H2. The Labute approximate surface area is 123 Å². The minimum absolute atomic E-state index is 0.319. The van der Waals surface area contributed by atoms with Crippen molar-refractivity contribution in [1.82, 2.24) is 4.31 Å². The van der Waals surface area contributed by atoms with E-state index in [1.807, 2.05) is 0 Å². The Bertz CT molecular complexity index is 426. The zero-order valence-corrected chi connectivity index (χ0v) is 12.8. The second-order valence-corrected chi connectivity index (χ2v) is 7.97. The third kappa shape index (κ3) is 4.56. The highest BCUT2D eigenvalue weighted by molar-refractivity contribution is 7.89. The van der Waals surface area contributed by atoms with Crippen LogP contribution in [0.4, 0.5) is 13.2 Å². The number of hydrogen-bond donors (Lipinski definition) is 0. The smallest absolute Gasteiger partial charge is 0.381 e. The average Bonchev–Trinajstić information content (AvgIpc) is 2.46. The molecule has 0 bridgehead atoms. The van der Waals surface area contributed by atoms with Crippen LogP contribution in [0.1, 0.15) is 44.9 Å². The molecule has 2 rings (SSSR count). The van der Waals surface area contributed by atoms with Gasteiger partial charge < -0.3 is 4.74 Å². The van der Waals surface area contributed by atoms with E-state index in [9.17, 15) is 21.6 Å². The highest BCUT2D eigenvalue weighted by Crippen LogP contribution is 2.31. The Morgan fingerprint density at radius 3 is 2.10 bits per heavy atom. The van der Waals surface area contributed by atoms with Crippen molar-refractivity contribution in [3.8, 4) is 0 Å². The molecule has 2 aliphatic rings. The topological polar surface area (TPSA) is 46.6 Å². The minimum Gasteiger partial charge on any atom is -0.381 e. The zero-order valence-electron chi connectivity index (χ0n) is 11.9. The highest BCUT2D eigenvalue weighted by atomic mass is 32.2. The van der Waals surface area contributed by atoms with E-state index in [-0.39, 0.29) is 0 Å². The molecule has 124 valence electrons. The van der Waals surface area contributed by atoms with E-state index in [1.54, 1.807) is 0 Å². The first-order valence-corrected chi connectivity index (χ1v) is 8.96. The molecule has 0 unspecified atom stereocenters. The van der Waals surface area contributed by atoms with Crippen LogP contribution in [0.25, 0.3) is 0 Å². The first kappa shape index (κ1) is 17.0. The number of rotatable bonds is 4. The largest absolute Gasteiger partial charge is 0.402 e. The maximum Gasteiger partial charge on any atom is 0.402 e. The van der Waals surface area contributed by atoms with Crippen molar-refractivity contribution in [3.63, 3.8) is 0 Å². The van der Waals surface area contributed by atoms with Crippen LogP contribution in [0.3, 0.4) is 0 Å². The molecule has 0 amide bonds. The van der Waals surface area contributed by atoms with Crippen LogP contribution in [0.2, 0.25) is 0 Å². The molecule has 8 heteroatoms. The molecular formula is C13H22F3NO3S. The van der Waals surface area contributed by atoms with E-state index >= 15 is 0 Å². The molecule has 0 spiro atoms. The Hall–Kier alpha value is -0.340. The molecule has 0 aromatic heterocycles. The van der Waals surface area contributed by atoms with Gasteiger partial charge in [0.2, 0.25) is 10.0 Å². The molecule has 0 radical (unpaired) electrons. The molecule has 0 aromatic carbocycles. The predicted molar refractivity (Wildman–Crippen MR) is 72.4 cm³/mol. The highest BCUT2D eigenvalue weighted by Gasteiger charge is 2.43. The van der Waals surface area contributed by atoms with Gasteiger partial charge in [-0.2, -0.15) is 17.5 Å². The van der Waals surface area contributed by atoms with Gasteiger partial charge in [-0.1, -0.05) is 19.3 Å². The summed E-state index contributed by atoms with van der Waals surface area (Å²) in [7, 11) is -3.90. The number of alkyl halides is 3. The molecule has 0 N–H and O–H groups in total. The Morgan fingerprint density at radius 1 is 1.00 bits per heavy atom. The van der Waals surface area contributed by atoms with Crippen molar-refractivity contribution in [1.29, 1.82) is 0 Å². The van der Waals surface area contributed by atoms with E-state index in [0.717, 1.165) is 19.3 Å². The normalized spacial score (nSPS) is 23.6. The quantitative estimate of drug-likeness (QED) is 0.797. The van der Waals surface area contributed by atoms with Gasteiger partial charge in [0.05, 0.1) is 5.25 Å². The third-order valence-corrected chi connectivity index (χ3v) is 6.63. The second-order valence-electron chi connectivity index (χ2n) is 5.81. The second kappa shape index (κ2) is 6.83. The molecule has 2 fully saturated rings. The number of hydrogen-bond acceptors (Lipinski definition) is 3. The lowest BCUT2D eigenvalue weighted by molar-refractivity contribution is -0.142. The molecule has 1 saturated heterocycles. The number of sulfonamides is 1. The maximum atomic E-state index is 12.8. The van der Waals surface area contributed by atoms with Gasteiger partial charge in [-0.3, -0.25) is 0 Å². The lowest BCUT2D eigenvalue weighted by Crippen LogP contribution is -2.51. The molecule has 1 aliphatic carbocycles. The van der Waals surface area contributed by atoms with Gasteiger partial charge in [-0.15, -0.1) is 0 Å². The van der Waals surface area contributed by atoms with Gasteiger partial charge in [0.15, 0.2) is 0 Å². The van der Waals surface area contributed by atoms with Crippen LogP contribution in [-0.4, -0.2) is 49.9 Å². The summed E-state index contributed by atoms with van der Waals surface area (Å²) >= 11 is 0. The van der Waals surface area contributed by atoms with Crippen molar-refractivity contribution in [2.75, 3.05) is 19.8 Å². The van der Waals surface area contributed by atoms with Crippen LogP contribution in [0, 0.1) is 0 Å².